The first kappa shape index (κ1) is 19.4. The van der Waals surface area contributed by atoms with Crippen LogP contribution in [0.1, 0.15) is 23.9 Å². The maximum Gasteiger partial charge on any atom is 0.268 e. The van der Waals surface area contributed by atoms with Gasteiger partial charge in [0.25, 0.3) is 11.5 Å². The molecule has 0 fully saturated rings. The molecule has 1 aliphatic rings. The molecule has 148 valence electrons. The Morgan fingerprint density at radius 3 is 2.97 bits per heavy atom. The van der Waals surface area contributed by atoms with Crippen LogP contribution >= 0.6 is 22.9 Å². The Bertz CT molecular complexity index is 1150. The molecule has 1 aliphatic heterocycles. The van der Waals surface area contributed by atoms with E-state index < -0.39 is 6.10 Å². The summed E-state index contributed by atoms with van der Waals surface area (Å²) in [6.45, 7) is 1.93. The van der Waals surface area contributed by atoms with Crippen LogP contribution in [-0.4, -0.2) is 27.7 Å². The standard InChI is InChI=1S/C20H17ClN4O3S/c1-2-12-9-18(26)24-19(22-12)11-4-3-5-13(8-11)23-20(27)15-10-14(25-28-15)16-6-7-17(21)29-16/h3-9,15H,2,10H2,1H3,(H,23,27)(H,22,24,26)/t15-/m1/s1. The topological polar surface area (TPSA) is 96.4 Å². The van der Waals surface area contributed by atoms with Gasteiger partial charge in [0.2, 0.25) is 6.10 Å². The second kappa shape index (κ2) is 8.18. The lowest BCUT2D eigenvalue weighted by Crippen LogP contribution is -2.28. The van der Waals surface area contributed by atoms with Gasteiger partial charge in [0.1, 0.15) is 11.5 Å². The summed E-state index contributed by atoms with van der Waals surface area (Å²) >= 11 is 7.35. The van der Waals surface area contributed by atoms with Crippen molar-refractivity contribution < 1.29 is 9.63 Å². The van der Waals surface area contributed by atoms with Crippen LogP contribution in [0.4, 0.5) is 5.69 Å². The van der Waals surface area contributed by atoms with Gasteiger partial charge in [-0.3, -0.25) is 9.59 Å². The molecule has 3 heterocycles. The number of aromatic amines is 1. The molecule has 1 aromatic carbocycles. The van der Waals surface area contributed by atoms with E-state index in [-0.39, 0.29) is 11.5 Å². The Morgan fingerprint density at radius 2 is 2.21 bits per heavy atom. The molecule has 4 rings (SSSR count). The molecule has 0 aliphatic carbocycles. The van der Waals surface area contributed by atoms with Gasteiger partial charge in [-0.05, 0) is 30.7 Å². The molecule has 29 heavy (non-hydrogen) atoms. The summed E-state index contributed by atoms with van der Waals surface area (Å²) in [5, 5.41) is 6.85. The van der Waals surface area contributed by atoms with Gasteiger partial charge in [0.05, 0.1) is 9.21 Å². The Morgan fingerprint density at radius 1 is 1.34 bits per heavy atom. The number of hydrogen-bond donors (Lipinski definition) is 2. The first-order valence-electron chi connectivity index (χ1n) is 9.02. The fraction of sp³-hybridized carbons (Fsp3) is 0.200. The number of aromatic nitrogens is 2. The normalized spacial score (nSPS) is 15.7. The quantitative estimate of drug-likeness (QED) is 0.645. The van der Waals surface area contributed by atoms with Crippen LogP contribution in [0.25, 0.3) is 11.4 Å². The molecular weight excluding hydrogens is 412 g/mol. The van der Waals surface area contributed by atoms with Crippen LogP contribution in [0.15, 0.2) is 52.4 Å². The molecule has 1 amide bonds. The maximum absolute atomic E-state index is 12.6. The number of hydrogen-bond acceptors (Lipinski definition) is 6. The van der Waals surface area contributed by atoms with Gasteiger partial charge in [-0.15, -0.1) is 11.3 Å². The summed E-state index contributed by atoms with van der Waals surface area (Å²) < 4.78 is 0.659. The van der Waals surface area contributed by atoms with Crippen molar-refractivity contribution in [1.29, 1.82) is 0 Å². The average Bonchev–Trinajstić information content (AvgIpc) is 3.37. The van der Waals surface area contributed by atoms with Crippen molar-refractivity contribution in [3.05, 3.63) is 67.7 Å². The Hall–Kier alpha value is -2.97. The lowest BCUT2D eigenvalue weighted by molar-refractivity contribution is -0.125. The van der Waals surface area contributed by atoms with Crippen molar-refractivity contribution in [2.24, 2.45) is 5.16 Å². The number of carbonyl (C=O) groups excluding carboxylic acids is 1. The molecule has 2 N–H and O–H groups in total. The second-order valence-corrected chi connectivity index (χ2v) is 8.16. The van der Waals surface area contributed by atoms with Gasteiger partial charge in [0, 0.05) is 29.4 Å². The number of H-pyrrole nitrogens is 1. The van der Waals surface area contributed by atoms with E-state index in [0.29, 0.717) is 45.7 Å². The highest BCUT2D eigenvalue weighted by atomic mass is 35.5. The molecule has 0 saturated carbocycles. The van der Waals surface area contributed by atoms with E-state index >= 15 is 0 Å². The first-order valence-corrected chi connectivity index (χ1v) is 10.2. The van der Waals surface area contributed by atoms with E-state index in [2.05, 4.69) is 20.4 Å². The average molecular weight is 429 g/mol. The minimum absolute atomic E-state index is 0.209. The number of aryl methyl sites for hydroxylation is 1. The highest BCUT2D eigenvalue weighted by molar-refractivity contribution is 7.18. The number of carbonyl (C=O) groups is 1. The minimum atomic E-state index is -0.712. The summed E-state index contributed by atoms with van der Waals surface area (Å²) in [6, 6.07) is 12.2. The van der Waals surface area contributed by atoms with E-state index in [1.165, 1.54) is 17.4 Å². The van der Waals surface area contributed by atoms with Gasteiger partial charge in [-0.1, -0.05) is 35.8 Å². The van der Waals surface area contributed by atoms with Crippen LogP contribution in [0.2, 0.25) is 4.34 Å². The largest absolute Gasteiger partial charge is 0.382 e. The van der Waals surface area contributed by atoms with Crippen LogP contribution in [0.3, 0.4) is 0 Å². The fourth-order valence-electron chi connectivity index (χ4n) is 2.93. The molecule has 1 atom stereocenters. The molecule has 0 saturated heterocycles. The Balaban J connectivity index is 1.47. The zero-order valence-electron chi connectivity index (χ0n) is 15.4. The fourth-order valence-corrected chi connectivity index (χ4v) is 3.96. The summed E-state index contributed by atoms with van der Waals surface area (Å²) in [6.07, 6.45) is 0.316. The molecule has 2 aromatic heterocycles. The van der Waals surface area contributed by atoms with E-state index in [0.717, 1.165) is 4.88 Å². The summed E-state index contributed by atoms with van der Waals surface area (Å²) in [5.41, 5.74) is 2.48. The Kier molecular flexibility index (Phi) is 5.46. The van der Waals surface area contributed by atoms with E-state index in [1.54, 1.807) is 24.3 Å². The van der Waals surface area contributed by atoms with E-state index in [1.807, 2.05) is 19.1 Å². The maximum atomic E-state index is 12.6. The van der Waals surface area contributed by atoms with Crippen LogP contribution in [0.5, 0.6) is 0 Å². The van der Waals surface area contributed by atoms with Crippen LogP contribution in [-0.2, 0) is 16.1 Å². The van der Waals surface area contributed by atoms with Crippen molar-refractivity contribution >= 4 is 40.2 Å². The third-order valence-electron chi connectivity index (χ3n) is 4.38. The van der Waals surface area contributed by atoms with Gasteiger partial charge >= 0.3 is 0 Å². The van der Waals surface area contributed by atoms with Crippen molar-refractivity contribution in [3.8, 4) is 11.4 Å². The van der Waals surface area contributed by atoms with Crippen molar-refractivity contribution in [3.63, 3.8) is 0 Å². The van der Waals surface area contributed by atoms with Crippen LogP contribution < -0.4 is 10.9 Å². The number of halogens is 1. The van der Waals surface area contributed by atoms with Crippen molar-refractivity contribution in [1.82, 2.24) is 9.97 Å². The summed E-state index contributed by atoms with van der Waals surface area (Å²) in [7, 11) is 0. The van der Waals surface area contributed by atoms with Gasteiger partial charge in [-0.2, -0.15) is 0 Å². The number of nitrogens with zero attached hydrogens (tertiary/aromatic N) is 2. The van der Waals surface area contributed by atoms with Gasteiger partial charge in [-0.25, -0.2) is 4.98 Å². The number of rotatable bonds is 5. The molecule has 0 unspecified atom stereocenters. The Labute approximate surface area is 175 Å². The number of nitrogens with one attached hydrogen (secondary N) is 2. The zero-order chi connectivity index (χ0) is 20.4. The first-order chi connectivity index (χ1) is 14.0. The summed E-state index contributed by atoms with van der Waals surface area (Å²) in [5.74, 6) is 0.162. The molecule has 0 spiro atoms. The molecule has 0 radical (unpaired) electrons. The second-order valence-electron chi connectivity index (χ2n) is 6.45. The molecule has 9 heteroatoms. The molecule has 7 nitrogen and oxygen atoms in total. The van der Waals surface area contributed by atoms with Crippen LogP contribution in [0, 0.1) is 0 Å². The minimum Gasteiger partial charge on any atom is -0.382 e. The van der Waals surface area contributed by atoms with E-state index in [9.17, 15) is 9.59 Å². The lowest BCUT2D eigenvalue weighted by Gasteiger charge is -2.11. The predicted molar refractivity (Wildman–Crippen MR) is 114 cm³/mol. The number of benzene rings is 1. The number of amides is 1. The molecule has 0 bridgehead atoms. The number of anilines is 1. The molecular formula is C20H17ClN4O3S. The highest BCUT2D eigenvalue weighted by Gasteiger charge is 2.29. The highest BCUT2D eigenvalue weighted by Crippen LogP contribution is 2.27. The monoisotopic (exact) mass is 428 g/mol. The van der Waals surface area contributed by atoms with Gasteiger partial charge < -0.3 is 15.1 Å². The third-order valence-corrected chi connectivity index (χ3v) is 5.66. The third kappa shape index (κ3) is 4.38. The predicted octanol–water partition coefficient (Wildman–Crippen LogP) is 3.85. The number of thiophene rings is 1. The number of oxime groups is 1. The SMILES string of the molecule is CCc1cc(=O)[nH]c(-c2cccc(NC(=O)[C@H]3CC(c4ccc(Cl)s4)=NO3)c2)n1. The summed E-state index contributed by atoms with van der Waals surface area (Å²) in [4.78, 5) is 37.8. The van der Waals surface area contributed by atoms with Crippen molar-refractivity contribution in [2.75, 3.05) is 5.32 Å². The lowest BCUT2D eigenvalue weighted by atomic mass is 10.1. The van der Waals surface area contributed by atoms with Crippen molar-refractivity contribution in [2.45, 2.75) is 25.9 Å². The zero-order valence-corrected chi connectivity index (χ0v) is 17.0. The van der Waals surface area contributed by atoms with E-state index in [4.69, 9.17) is 16.4 Å². The van der Waals surface area contributed by atoms with Gasteiger partial charge in [0.15, 0.2) is 0 Å². The molecule has 3 aromatic rings. The smallest absolute Gasteiger partial charge is 0.268 e.